The summed E-state index contributed by atoms with van der Waals surface area (Å²) in [4.78, 5) is 40.8. The molecule has 0 amide bonds. The highest BCUT2D eigenvalue weighted by atomic mass is 16.5. The summed E-state index contributed by atoms with van der Waals surface area (Å²) in [6.07, 6.45) is -0.172. The number of allylic oxidation sites excluding steroid dienone is 2. The Balaban J connectivity index is 2.30. The molecule has 0 atom stereocenters. The Morgan fingerprint density at radius 3 is 1.85 bits per heavy atom. The second-order valence-electron chi connectivity index (χ2n) is 7.83. The van der Waals surface area contributed by atoms with E-state index in [0.717, 1.165) is 16.5 Å². The maximum atomic E-state index is 13.2. The summed E-state index contributed by atoms with van der Waals surface area (Å²) < 4.78 is 15.9. The third-order valence-electron chi connectivity index (χ3n) is 5.82. The van der Waals surface area contributed by atoms with Crippen LogP contribution in [-0.2, 0) is 28.6 Å². The van der Waals surface area contributed by atoms with Crippen LogP contribution in [0.1, 0.15) is 41.0 Å². The number of ether oxygens (including phenoxy) is 3. The minimum absolute atomic E-state index is 0.160. The van der Waals surface area contributed by atoms with Gasteiger partial charge in [0.15, 0.2) is 0 Å². The van der Waals surface area contributed by atoms with Crippen molar-refractivity contribution >= 4 is 34.4 Å². The summed E-state index contributed by atoms with van der Waals surface area (Å²) in [5, 5.41) is 1.98. The molecule has 0 N–H and O–H groups in total. The molecule has 0 spiro atoms. The van der Waals surface area contributed by atoms with Gasteiger partial charge in [0.2, 0.25) is 0 Å². The highest BCUT2D eigenvalue weighted by Gasteiger charge is 2.41. The summed E-state index contributed by atoms with van der Waals surface area (Å²) >= 11 is 0. The molecule has 0 aromatic heterocycles. The number of benzene rings is 2. The molecule has 0 saturated heterocycles. The first-order chi connectivity index (χ1) is 16.3. The standard InChI is InChI=1S/C27H31NO6/c1-6-32-23(29)16-21-24(26(30)33-7-2)17(4)28(18(5)25(21)27(31)34-8-3)22-15-11-13-19-12-9-10-14-20(19)22/h9-15,21H,6-8,16H2,1-5H3. The summed E-state index contributed by atoms with van der Waals surface area (Å²) in [7, 11) is 0. The van der Waals surface area contributed by atoms with E-state index >= 15 is 0 Å². The molecule has 7 nitrogen and oxygen atoms in total. The van der Waals surface area contributed by atoms with E-state index in [2.05, 4.69) is 0 Å². The largest absolute Gasteiger partial charge is 0.466 e. The van der Waals surface area contributed by atoms with E-state index in [1.165, 1.54) is 0 Å². The maximum Gasteiger partial charge on any atom is 0.336 e. The first-order valence-corrected chi connectivity index (χ1v) is 11.5. The molecule has 1 aliphatic heterocycles. The van der Waals surface area contributed by atoms with Gasteiger partial charge in [-0.3, -0.25) is 4.79 Å². The average Bonchev–Trinajstić information content (AvgIpc) is 2.79. The molecular formula is C27H31NO6. The van der Waals surface area contributed by atoms with Crippen molar-refractivity contribution in [3.05, 3.63) is 65.0 Å². The van der Waals surface area contributed by atoms with Crippen molar-refractivity contribution in [3.8, 4) is 0 Å². The Morgan fingerprint density at radius 1 is 0.765 bits per heavy atom. The molecule has 0 fully saturated rings. The van der Waals surface area contributed by atoms with Crippen LogP contribution >= 0.6 is 0 Å². The van der Waals surface area contributed by atoms with Gasteiger partial charge in [-0.05, 0) is 46.1 Å². The first-order valence-electron chi connectivity index (χ1n) is 11.5. The summed E-state index contributed by atoms with van der Waals surface area (Å²) in [6.45, 7) is 9.26. The number of carbonyl (C=O) groups is 3. The monoisotopic (exact) mass is 465 g/mol. The molecule has 0 unspecified atom stereocenters. The smallest absolute Gasteiger partial charge is 0.336 e. The zero-order valence-corrected chi connectivity index (χ0v) is 20.3. The van der Waals surface area contributed by atoms with Crippen LogP contribution in [0.3, 0.4) is 0 Å². The number of rotatable bonds is 8. The highest BCUT2D eigenvalue weighted by Crippen LogP contribution is 2.43. The molecule has 0 radical (unpaired) electrons. The Morgan fingerprint density at radius 2 is 1.29 bits per heavy atom. The predicted octanol–water partition coefficient (Wildman–Crippen LogP) is 4.90. The van der Waals surface area contributed by atoms with Crippen LogP contribution in [-0.4, -0.2) is 37.7 Å². The fraction of sp³-hybridized carbons (Fsp3) is 0.370. The van der Waals surface area contributed by atoms with Gasteiger partial charge in [-0.2, -0.15) is 0 Å². The molecule has 0 saturated carbocycles. The van der Waals surface area contributed by atoms with Crippen LogP contribution < -0.4 is 4.90 Å². The molecule has 1 heterocycles. The zero-order valence-electron chi connectivity index (χ0n) is 20.3. The van der Waals surface area contributed by atoms with Gasteiger partial charge in [0.1, 0.15) is 0 Å². The van der Waals surface area contributed by atoms with Crippen LogP contribution in [0.15, 0.2) is 65.0 Å². The molecule has 0 aliphatic carbocycles. The van der Waals surface area contributed by atoms with Crippen LogP contribution in [0.2, 0.25) is 0 Å². The van der Waals surface area contributed by atoms with Gasteiger partial charge in [0, 0.05) is 22.7 Å². The fourth-order valence-corrected chi connectivity index (χ4v) is 4.49. The van der Waals surface area contributed by atoms with Gasteiger partial charge in [0.05, 0.1) is 43.1 Å². The average molecular weight is 466 g/mol. The normalized spacial score (nSPS) is 14.4. The van der Waals surface area contributed by atoms with Crippen LogP contribution in [0.25, 0.3) is 10.8 Å². The second-order valence-corrected chi connectivity index (χ2v) is 7.83. The number of nitrogens with zero attached hydrogens (tertiary/aromatic N) is 1. The summed E-state index contributed by atoms with van der Waals surface area (Å²) in [5.74, 6) is -2.50. The van der Waals surface area contributed by atoms with E-state index in [0.29, 0.717) is 11.4 Å². The molecule has 7 heteroatoms. The van der Waals surface area contributed by atoms with Gasteiger partial charge < -0.3 is 19.1 Å². The number of fused-ring (bicyclic) bond motifs is 1. The van der Waals surface area contributed by atoms with Crippen molar-refractivity contribution in [3.63, 3.8) is 0 Å². The van der Waals surface area contributed by atoms with Gasteiger partial charge in [0.25, 0.3) is 0 Å². The van der Waals surface area contributed by atoms with E-state index < -0.39 is 23.8 Å². The molecule has 1 aliphatic rings. The van der Waals surface area contributed by atoms with Crippen LogP contribution in [0, 0.1) is 5.92 Å². The lowest BCUT2D eigenvalue weighted by atomic mass is 9.82. The topological polar surface area (TPSA) is 82.1 Å². The highest BCUT2D eigenvalue weighted by molar-refractivity contribution is 6.03. The molecule has 34 heavy (non-hydrogen) atoms. The van der Waals surface area contributed by atoms with Crippen molar-refractivity contribution in [2.75, 3.05) is 24.7 Å². The van der Waals surface area contributed by atoms with E-state index in [4.69, 9.17) is 14.2 Å². The minimum Gasteiger partial charge on any atom is -0.466 e. The third kappa shape index (κ3) is 4.83. The van der Waals surface area contributed by atoms with Gasteiger partial charge >= 0.3 is 17.9 Å². The number of hydrogen-bond acceptors (Lipinski definition) is 7. The summed E-state index contributed by atoms with van der Waals surface area (Å²) in [6, 6.07) is 13.8. The lowest BCUT2D eigenvalue weighted by Crippen LogP contribution is -2.37. The van der Waals surface area contributed by atoms with Gasteiger partial charge in [-0.15, -0.1) is 0 Å². The fourth-order valence-electron chi connectivity index (χ4n) is 4.49. The number of hydrogen-bond donors (Lipinski definition) is 0. The SMILES string of the molecule is CCOC(=O)CC1C(C(=O)OCC)=C(C)N(c2cccc3ccccc23)C(C)=C1C(=O)OCC. The zero-order chi connectivity index (χ0) is 24.8. The Kier molecular flexibility index (Phi) is 8.10. The Labute approximate surface area is 200 Å². The lowest BCUT2D eigenvalue weighted by molar-refractivity contribution is -0.144. The maximum absolute atomic E-state index is 13.2. The van der Waals surface area contributed by atoms with E-state index in [9.17, 15) is 14.4 Å². The van der Waals surface area contributed by atoms with Crippen LogP contribution in [0.4, 0.5) is 5.69 Å². The van der Waals surface area contributed by atoms with E-state index in [1.54, 1.807) is 34.6 Å². The Bertz CT molecular complexity index is 1120. The van der Waals surface area contributed by atoms with Gasteiger partial charge in [-0.25, -0.2) is 9.59 Å². The number of anilines is 1. The van der Waals surface area contributed by atoms with Crippen molar-refractivity contribution in [2.24, 2.45) is 5.92 Å². The summed E-state index contributed by atoms with van der Waals surface area (Å²) in [5.41, 5.74) is 2.49. The number of carbonyl (C=O) groups excluding carboxylic acids is 3. The molecule has 2 aromatic carbocycles. The lowest BCUT2D eigenvalue weighted by Gasteiger charge is -2.38. The van der Waals surface area contributed by atoms with Crippen molar-refractivity contribution in [1.82, 2.24) is 0 Å². The minimum atomic E-state index is -0.844. The van der Waals surface area contributed by atoms with Crippen molar-refractivity contribution in [1.29, 1.82) is 0 Å². The molecule has 0 bridgehead atoms. The second kappa shape index (κ2) is 11.0. The van der Waals surface area contributed by atoms with Gasteiger partial charge in [-0.1, -0.05) is 36.4 Å². The first kappa shape index (κ1) is 25.0. The van der Waals surface area contributed by atoms with E-state index in [1.807, 2.05) is 47.4 Å². The van der Waals surface area contributed by atoms with E-state index in [-0.39, 0.29) is 37.4 Å². The van der Waals surface area contributed by atoms with Crippen LogP contribution in [0.5, 0.6) is 0 Å². The quantitative estimate of drug-likeness (QED) is 0.405. The predicted molar refractivity (Wildman–Crippen MR) is 130 cm³/mol. The van der Waals surface area contributed by atoms with Crippen molar-refractivity contribution in [2.45, 2.75) is 41.0 Å². The molecular weight excluding hydrogens is 434 g/mol. The van der Waals surface area contributed by atoms with Crippen molar-refractivity contribution < 1.29 is 28.6 Å². The Hall–Kier alpha value is -3.61. The number of esters is 3. The molecule has 3 rings (SSSR count). The third-order valence-corrected chi connectivity index (χ3v) is 5.82. The molecule has 180 valence electrons. The molecule has 2 aromatic rings.